The predicted molar refractivity (Wildman–Crippen MR) is 79.0 cm³/mol. The van der Waals surface area contributed by atoms with Gasteiger partial charge in [-0.25, -0.2) is 0 Å². The van der Waals surface area contributed by atoms with Gasteiger partial charge in [0.2, 0.25) is 0 Å². The molecule has 0 bridgehead atoms. The number of nitrogens with two attached hydrogens (primary N) is 1. The van der Waals surface area contributed by atoms with E-state index in [1.54, 1.807) is 12.1 Å². The fraction of sp³-hybridized carbons (Fsp3) is 0.462. The summed E-state index contributed by atoms with van der Waals surface area (Å²) in [6.45, 7) is 3.92. The Morgan fingerprint density at radius 1 is 1.42 bits per heavy atom. The van der Waals surface area contributed by atoms with Crippen molar-refractivity contribution in [3.05, 3.63) is 23.8 Å². The van der Waals surface area contributed by atoms with Crippen molar-refractivity contribution in [3.8, 4) is 0 Å². The zero-order chi connectivity index (χ0) is 13.8. The first-order chi connectivity index (χ1) is 9.11. The van der Waals surface area contributed by atoms with Crippen LogP contribution in [0, 0.1) is 0 Å². The highest BCUT2D eigenvalue weighted by molar-refractivity contribution is 7.85. The SMILES string of the molecule is CCNC(=O)c1ccc(N)c(N2CCS(=O)CC2)c1. The molecule has 2 rings (SSSR count). The van der Waals surface area contributed by atoms with Crippen molar-refractivity contribution in [1.29, 1.82) is 0 Å². The maximum Gasteiger partial charge on any atom is 0.251 e. The van der Waals surface area contributed by atoms with Crippen LogP contribution in [0.5, 0.6) is 0 Å². The highest BCUT2D eigenvalue weighted by Gasteiger charge is 2.18. The molecule has 104 valence electrons. The first kappa shape index (κ1) is 13.9. The van der Waals surface area contributed by atoms with Gasteiger partial charge in [0.15, 0.2) is 0 Å². The Hall–Kier alpha value is -1.56. The summed E-state index contributed by atoms with van der Waals surface area (Å²) in [7, 11) is -0.720. The first-order valence-corrected chi connectivity index (χ1v) is 7.88. The molecule has 6 heteroatoms. The Balaban J connectivity index is 2.22. The van der Waals surface area contributed by atoms with Crippen LogP contribution in [0.3, 0.4) is 0 Å². The second-order valence-corrected chi connectivity index (χ2v) is 6.16. The maximum atomic E-state index is 11.8. The van der Waals surface area contributed by atoms with E-state index < -0.39 is 10.8 Å². The van der Waals surface area contributed by atoms with Crippen LogP contribution in [-0.4, -0.2) is 41.3 Å². The van der Waals surface area contributed by atoms with Gasteiger partial charge in [-0.05, 0) is 25.1 Å². The third-order valence-electron chi connectivity index (χ3n) is 3.15. The van der Waals surface area contributed by atoms with Gasteiger partial charge >= 0.3 is 0 Å². The Kier molecular flexibility index (Phi) is 4.42. The summed E-state index contributed by atoms with van der Waals surface area (Å²) < 4.78 is 11.4. The summed E-state index contributed by atoms with van der Waals surface area (Å²) >= 11 is 0. The van der Waals surface area contributed by atoms with Crippen LogP contribution < -0.4 is 16.0 Å². The molecule has 1 saturated heterocycles. The highest BCUT2D eigenvalue weighted by Crippen LogP contribution is 2.25. The number of carbonyl (C=O) groups excluding carboxylic acids is 1. The van der Waals surface area contributed by atoms with Gasteiger partial charge < -0.3 is 16.0 Å². The van der Waals surface area contributed by atoms with E-state index in [-0.39, 0.29) is 5.91 Å². The molecule has 0 unspecified atom stereocenters. The first-order valence-electron chi connectivity index (χ1n) is 6.39. The minimum atomic E-state index is -0.720. The fourth-order valence-electron chi connectivity index (χ4n) is 2.10. The molecule has 0 aliphatic carbocycles. The number of nitrogens with one attached hydrogen (secondary N) is 1. The average molecular weight is 281 g/mol. The smallest absolute Gasteiger partial charge is 0.251 e. The predicted octanol–water partition coefficient (Wildman–Crippen LogP) is 0.587. The number of rotatable bonds is 3. The van der Waals surface area contributed by atoms with Crippen LogP contribution in [-0.2, 0) is 10.8 Å². The standard InChI is InChI=1S/C13H19N3O2S/c1-2-15-13(17)10-3-4-11(14)12(9-10)16-5-7-19(18)8-6-16/h3-4,9H,2,5-8,14H2,1H3,(H,15,17). The number of nitrogen functional groups attached to an aromatic ring is 1. The number of benzene rings is 1. The van der Waals surface area contributed by atoms with Gasteiger partial charge in [0.1, 0.15) is 0 Å². The topological polar surface area (TPSA) is 75.4 Å². The Morgan fingerprint density at radius 2 is 2.11 bits per heavy atom. The van der Waals surface area contributed by atoms with Crippen molar-refractivity contribution >= 4 is 28.1 Å². The molecule has 1 fully saturated rings. The molecule has 1 heterocycles. The van der Waals surface area contributed by atoms with Crippen LogP contribution in [0.25, 0.3) is 0 Å². The molecule has 0 radical (unpaired) electrons. The molecule has 1 aromatic carbocycles. The molecule has 1 aromatic rings. The molecular weight excluding hydrogens is 262 g/mol. The van der Waals surface area contributed by atoms with Crippen LogP contribution in [0.15, 0.2) is 18.2 Å². The van der Waals surface area contributed by atoms with E-state index in [0.717, 1.165) is 18.8 Å². The fourth-order valence-corrected chi connectivity index (χ4v) is 3.15. The second-order valence-electron chi connectivity index (χ2n) is 4.47. The van der Waals surface area contributed by atoms with Gasteiger partial charge in [-0.1, -0.05) is 0 Å². The molecule has 5 nitrogen and oxygen atoms in total. The van der Waals surface area contributed by atoms with Gasteiger partial charge in [-0.3, -0.25) is 9.00 Å². The van der Waals surface area contributed by atoms with Crippen LogP contribution in [0.4, 0.5) is 11.4 Å². The lowest BCUT2D eigenvalue weighted by Gasteiger charge is -2.29. The van der Waals surface area contributed by atoms with E-state index >= 15 is 0 Å². The summed E-state index contributed by atoms with van der Waals surface area (Å²) in [6, 6.07) is 5.30. The number of anilines is 2. The molecule has 0 saturated carbocycles. The lowest BCUT2D eigenvalue weighted by molar-refractivity contribution is 0.0956. The quantitative estimate of drug-likeness (QED) is 0.795. The number of hydrogen-bond acceptors (Lipinski definition) is 4. The van der Waals surface area contributed by atoms with E-state index in [1.165, 1.54) is 0 Å². The van der Waals surface area contributed by atoms with E-state index in [1.807, 2.05) is 13.0 Å². The Bertz CT molecular complexity index is 495. The molecule has 0 spiro atoms. The highest BCUT2D eigenvalue weighted by atomic mass is 32.2. The summed E-state index contributed by atoms with van der Waals surface area (Å²) in [5.74, 6) is 1.22. The Morgan fingerprint density at radius 3 is 2.74 bits per heavy atom. The van der Waals surface area contributed by atoms with Crippen molar-refractivity contribution < 1.29 is 9.00 Å². The maximum absolute atomic E-state index is 11.8. The lowest BCUT2D eigenvalue weighted by Crippen LogP contribution is -2.38. The lowest BCUT2D eigenvalue weighted by atomic mass is 10.1. The van der Waals surface area contributed by atoms with Gasteiger partial charge in [-0.2, -0.15) is 0 Å². The second kappa shape index (κ2) is 6.06. The summed E-state index contributed by atoms with van der Waals surface area (Å²) in [4.78, 5) is 13.9. The average Bonchev–Trinajstić information content (AvgIpc) is 2.41. The zero-order valence-corrected chi connectivity index (χ0v) is 11.8. The normalized spacial score (nSPS) is 16.4. The minimum Gasteiger partial charge on any atom is -0.397 e. The van der Waals surface area contributed by atoms with Crippen molar-refractivity contribution in [1.82, 2.24) is 5.32 Å². The molecule has 1 aliphatic rings. The van der Waals surface area contributed by atoms with E-state index in [9.17, 15) is 9.00 Å². The number of hydrogen-bond donors (Lipinski definition) is 2. The number of amides is 1. The number of carbonyl (C=O) groups is 1. The monoisotopic (exact) mass is 281 g/mol. The molecule has 19 heavy (non-hydrogen) atoms. The van der Waals surface area contributed by atoms with Crippen molar-refractivity contribution in [2.45, 2.75) is 6.92 Å². The van der Waals surface area contributed by atoms with Crippen LogP contribution in [0.2, 0.25) is 0 Å². The van der Waals surface area contributed by atoms with Gasteiger partial charge in [0.25, 0.3) is 5.91 Å². The van der Waals surface area contributed by atoms with Crippen molar-refractivity contribution in [3.63, 3.8) is 0 Å². The van der Waals surface area contributed by atoms with E-state index in [2.05, 4.69) is 10.2 Å². The van der Waals surface area contributed by atoms with Gasteiger partial charge in [-0.15, -0.1) is 0 Å². The van der Waals surface area contributed by atoms with E-state index in [4.69, 9.17) is 5.73 Å². The van der Waals surface area contributed by atoms with Crippen molar-refractivity contribution in [2.75, 3.05) is 41.8 Å². The largest absolute Gasteiger partial charge is 0.397 e. The third-order valence-corrected chi connectivity index (χ3v) is 4.42. The Labute approximate surface area is 115 Å². The van der Waals surface area contributed by atoms with Crippen molar-refractivity contribution in [2.24, 2.45) is 0 Å². The van der Waals surface area contributed by atoms with Crippen LogP contribution >= 0.6 is 0 Å². The molecule has 1 aliphatic heterocycles. The van der Waals surface area contributed by atoms with Gasteiger partial charge in [0.05, 0.1) is 11.4 Å². The summed E-state index contributed by atoms with van der Waals surface area (Å²) in [6.07, 6.45) is 0. The molecule has 0 aromatic heterocycles. The summed E-state index contributed by atoms with van der Waals surface area (Å²) in [5.41, 5.74) is 8.10. The molecule has 1 amide bonds. The number of nitrogens with zero attached hydrogens (tertiary/aromatic N) is 1. The van der Waals surface area contributed by atoms with Crippen LogP contribution in [0.1, 0.15) is 17.3 Å². The van der Waals surface area contributed by atoms with E-state index in [0.29, 0.717) is 29.3 Å². The molecule has 3 N–H and O–H groups in total. The minimum absolute atomic E-state index is 0.0932. The third kappa shape index (κ3) is 3.26. The summed E-state index contributed by atoms with van der Waals surface area (Å²) in [5, 5.41) is 2.77. The zero-order valence-electron chi connectivity index (χ0n) is 11.0. The van der Waals surface area contributed by atoms with Gasteiger partial charge in [0, 0.05) is 47.5 Å². The molecule has 0 atom stereocenters. The molecular formula is C13H19N3O2S.